The lowest BCUT2D eigenvalue weighted by molar-refractivity contribution is 1.26. The second-order valence-electron chi connectivity index (χ2n) is 2.08. The quantitative estimate of drug-likeness (QED) is 0.644. The highest BCUT2D eigenvalue weighted by Crippen LogP contribution is 2.04. The number of anilines is 1. The van der Waals surface area contributed by atoms with Crippen molar-refractivity contribution in [2.45, 2.75) is 20.3 Å². The van der Waals surface area contributed by atoms with Crippen molar-refractivity contribution >= 4 is 5.69 Å². The third-order valence-electron chi connectivity index (χ3n) is 1.26. The van der Waals surface area contributed by atoms with Crippen LogP contribution in [0.5, 0.6) is 0 Å². The first kappa shape index (κ1) is 10.5. The summed E-state index contributed by atoms with van der Waals surface area (Å²) in [4.78, 5) is 0. The SMILES string of the molecule is CC.N#CCc1ccc(N)cc1. The third-order valence-corrected chi connectivity index (χ3v) is 1.26. The summed E-state index contributed by atoms with van der Waals surface area (Å²) in [5.41, 5.74) is 7.19. The standard InChI is InChI=1S/C8H8N2.C2H6/c9-6-5-7-1-3-8(10)4-2-7;1-2/h1-4H,5,10H2;1-2H3. The molecule has 1 aromatic rings. The van der Waals surface area contributed by atoms with E-state index in [-0.39, 0.29) is 0 Å². The van der Waals surface area contributed by atoms with Gasteiger partial charge in [-0.15, -0.1) is 0 Å². The van der Waals surface area contributed by atoms with Crippen LogP contribution in [0, 0.1) is 11.3 Å². The van der Waals surface area contributed by atoms with Gasteiger partial charge in [0.05, 0.1) is 12.5 Å². The smallest absolute Gasteiger partial charge is 0.0669 e. The van der Waals surface area contributed by atoms with Crippen LogP contribution in [0.4, 0.5) is 5.69 Å². The van der Waals surface area contributed by atoms with Crippen molar-refractivity contribution in [1.29, 1.82) is 5.26 Å². The first-order valence-corrected chi connectivity index (χ1v) is 4.04. The number of nitrogen functional groups attached to an aromatic ring is 1. The van der Waals surface area contributed by atoms with E-state index in [4.69, 9.17) is 11.0 Å². The van der Waals surface area contributed by atoms with Crippen molar-refractivity contribution in [3.05, 3.63) is 29.8 Å². The van der Waals surface area contributed by atoms with Crippen LogP contribution in [0.15, 0.2) is 24.3 Å². The van der Waals surface area contributed by atoms with Gasteiger partial charge < -0.3 is 5.73 Å². The molecule has 2 N–H and O–H groups in total. The van der Waals surface area contributed by atoms with Gasteiger partial charge in [-0.2, -0.15) is 5.26 Å². The molecule has 2 nitrogen and oxygen atoms in total. The van der Waals surface area contributed by atoms with Crippen LogP contribution in [-0.4, -0.2) is 0 Å². The van der Waals surface area contributed by atoms with Crippen molar-refractivity contribution in [3.63, 3.8) is 0 Å². The summed E-state index contributed by atoms with van der Waals surface area (Å²) in [5.74, 6) is 0. The highest BCUT2D eigenvalue weighted by Gasteiger charge is 1.88. The minimum absolute atomic E-state index is 0.459. The summed E-state index contributed by atoms with van der Waals surface area (Å²) in [6.45, 7) is 4.00. The largest absolute Gasteiger partial charge is 0.399 e. The van der Waals surface area contributed by atoms with Gasteiger partial charge in [0.25, 0.3) is 0 Å². The van der Waals surface area contributed by atoms with E-state index < -0.39 is 0 Å². The van der Waals surface area contributed by atoms with Gasteiger partial charge in [0.2, 0.25) is 0 Å². The Bertz CT molecular complexity index is 244. The normalized spacial score (nSPS) is 7.75. The molecular formula is C10H14N2. The monoisotopic (exact) mass is 162 g/mol. The molecule has 0 atom stereocenters. The van der Waals surface area contributed by atoms with Crippen LogP contribution in [0.3, 0.4) is 0 Å². The predicted molar refractivity (Wildman–Crippen MR) is 51.5 cm³/mol. The van der Waals surface area contributed by atoms with Gasteiger partial charge in [-0.1, -0.05) is 26.0 Å². The van der Waals surface area contributed by atoms with Crippen LogP contribution in [0.1, 0.15) is 19.4 Å². The molecule has 0 aromatic heterocycles. The molecule has 0 unspecified atom stereocenters. The molecule has 0 heterocycles. The fourth-order valence-electron chi connectivity index (χ4n) is 0.727. The average Bonchev–Trinajstić information content (AvgIpc) is 2.13. The molecule has 2 heteroatoms. The van der Waals surface area contributed by atoms with Crippen LogP contribution in [0.25, 0.3) is 0 Å². The Morgan fingerprint density at radius 1 is 1.25 bits per heavy atom. The molecule has 1 rings (SSSR count). The Labute approximate surface area is 73.6 Å². The van der Waals surface area contributed by atoms with Crippen LogP contribution < -0.4 is 5.73 Å². The van der Waals surface area contributed by atoms with E-state index in [2.05, 4.69) is 6.07 Å². The molecule has 0 fully saturated rings. The molecule has 0 aliphatic carbocycles. The predicted octanol–water partition coefficient (Wildman–Crippen LogP) is 2.36. The van der Waals surface area contributed by atoms with Crippen molar-refractivity contribution in [2.24, 2.45) is 0 Å². The van der Waals surface area contributed by atoms with E-state index >= 15 is 0 Å². The topological polar surface area (TPSA) is 49.8 Å². The summed E-state index contributed by atoms with van der Waals surface area (Å²) in [6.07, 6.45) is 0.459. The lowest BCUT2D eigenvalue weighted by atomic mass is 10.1. The maximum atomic E-state index is 8.31. The Morgan fingerprint density at radius 2 is 1.75 bits per heavy atom. The van der Waals surface area contributed by atoms with Gasteiger partial charge in [0.15, 0.2) is 0 Å². The van der Waals surface area contributed by atoms with E-state index in [1.54, 1.807) is 12.1 Å². The Morgan fingerprint density at radius 3 is 2.17 bits per heavy atom. The molecule has 0 radical (unpaired) electrons. The first-order valence-electron chi connectivity index (χ1n) is 4.04. The summed E-state index contributed by atoms with van der Waals surface area (Å²) in [7, 11) is 0. The van der Waals surface area contributed by atoms with Crippen molar-refractivity contribution in [2.75, 3.05) is 5.73 Å². The average molecular weight is 162 g/mol. The molecule has 64 valence electrons. The molecule has 0 aliphatic heterocycles. The maximum absolute atomic E-state index is 8.31. The fourth-order valence-corrected chi connectivity index (χ4v) is 0.727. The number of nitrogens with zero attached hydrogens (tertiary/aromatic N) is 1. The molecule has 0 saturated carbocycles. The van der Waals surface area contributed by atoms with E-state index in [9.17, 15) is 0 Å². The van der Waals surface area contributed by atoms with Gasteiger partial charge in [0, 0.05) is 5.69 Å². The van der Waals surface area contributed by atoms with Gasteiger partial charge in [-0.05, 0) is 17.7 Å². The lowest BCUT2D eigenvalue weighted by Gasteiger charge is -1.93. The zero-order valence-corrected chi connectivity index (χ0v) is 7.54. The Hall–Kier alpha value is -1.49. The zero-order chi connectivity index (χ0) is 9.40. The number of nitrogens with two attached hydrogens (primary N) is 1. The number of hydrogen-bond donors (Lipinski definition) is 1. The van der Waals surface area contributed by atoms with Crippen molar-refractivity contribution in [1.82, 2.24) is 0 Å². The second kappa shape index (κ2) is 6.23. The Balaban J connectivity index is 0.000000561. The van der Waals surface area contributed by atoms with E-state index in [1.807, 2.05) is 26.0 Å². The summed E-state index contributed by atoms with van der Waals surface area (Å²) in [5, 5.41) is 8.31. The van der Waals surface area contributed by atoms with E-state index in [0.717, 1.165) is 11.3 Å². The van der Waals surface area contributed by atoms with Gasteiger partial charge in [-0.25, -0.2) is 0 Å². The van der Waals surface area contributed by atoms with Crippen molar-refractivity contribution < 1.29 is 0 Å². The molecule has 0 amide bonds. The molecule has 0 bridgehead atoms. The molecule has 1 aromatic carbocycles. The third kappa shape index (κ3) is 3.62. The summed E-state index contributed by atoms with van der Waals surface area (Å²) < 4.78 is 0. The molecule has 12 heavy (non-hydrogen) atoms. The van der Waals surface area contributed by atoms with Crippen LogP contribution in [-0.2, 0) is 6.42 Å². The van der Waals surface area contributed by atoms with E-state index in [1.165, 1.54) is 0 Å². The van der Waals surface area contributed by atoms with E-state index in [0.29, 0.717) is 6.42 Å². The van der Waals surface area contributed by atoms with Gasteiger partial charge in [0.1, 0.15) is 0 Å². The van der Waals surface area contributed by atoms with Gasteiger partial charge >= 0.3 is 0 Å². The fraction of sp³-hybridized carbons (Fsp3) is 0.300. The number of hydrogen-bond acceptors (Lipinski definition) is 2. The highest BCUT2D eigenvalue weighted by atomic mass is 14.5. The van der Waals surface area contributed by atoms with Crippen LogP contribution in [0.2, 0.25) is 0 Å². The number of nitriles is 1. The maximum Gasteiger partial charge on any atom is 0.0669 e. The minimum Gasteiger partial charge on any atom is -0.399 e. The second-order valence-corrected chi connectivity index (χ2v) is 2.08. The lowest BCUT2D eigenvalue weighted by Crippen LogP contribution is -1.85. The first-order chi connectivity index (χ1) is 5.83. The molecule has 0 saturated heterocycles. The highest BCUT2D eigenvalue weighted by molar-refractivity contribution is 5.39. The number of benzene rings is 1. The summed E-state index contributed by atoms with van der Waals surface area (Å²) >= 11 is 0. The zero-order valence-electron chi connectivity index (χ0n) is 7.54. The number of rotatable bonds is 1. The van der Waals surface area contributed by atoms with Crippen molar-refractivity contribution in [3.8, 4) is 6.07 Å². The minimum atomic E-state index is 0.459. The van der Waals surface area contributed by atoms with Crippen LogP contribution >= 0.6 is 0 Å². The Kier molecular flexibility index (Phi) is 5.46. The molecule has 0 spiro atoms. The van der Waals surface area contributed by atoms with Gasteiger partial charge in [-0.3, -0.25) is 0 Å². The molecule has 0 aliphatic rings. The molecular weight excluding hydrogens is 148 g/mol. The summed E-state index contributed by atoms with van der Waals surface area (Å²) in [6, 6.07) is 9.38.